The van der Waals surface area contributed by atoms with Gasteiger partial charge < -0.3 is 10.5 Å². The second kappa shape index (κ2) is 5.67. The highest BCUT2D eigenvalue weighted by atomic mass is 32.2. The number of thioether (sulfide) groups is 1. The van der Waals surface area contributed by atoms with Crippen molar-refractivity contribution in [2.75, 3.05) is 12.9 Å². The number of benzene rings is 1. The van der Waals surface area contributed by atoms with Gasteiger partial charge in [0, 0.05) is 10.6 Å². The van der Waals surface area contributed by atoms with E-state index in [0.29, 0.717) is 5.75 Å². The van der Waals surface area contributed by atoms with Crippen molar-refractivity contribution in [3.8, 4) is 0 Å². The van der Waals surface area contributed by atoms with Gasteiger partial charge in [0.1, 0.15) is 6.04 Å². The Bertz CT molecular complexity index is 289. The van der Waals surface area contributed by atoms with Crippen LogP contribution in [0, 0.1) is 0 Å². The van der Waals surface area contributed by atoms with Crippen LogP contribution in [-0.2, 0) is 9.53 Å². The van der Waals surface area contributed by atoms with E-state index < -0.39 is 6.04 Å². The monoisotopic (exact) mass is 211 g/mol. The van der Waals surface area contributed by atoms with Gasteiger partial charge in [0.25, 0.3) is 0 Å². The average Bonchev–Trinajstić information content (AvgIpc) is 2.26. The van der Waals surface area contributed by atoms with E-state index in [-0.39, 0.29) is 5.97 Å². The zero-order chi connectivity index (χ0) is 10.4. The predicted octanol–water partition coefficient (Wildman–Crippen LogP) is 1.28. The quantitative estimate of drug-likeness (QED) is 0.602. The maximum atomic E-state index is 11.0. The molecule has 14 heavy (non-hydrogen) atoms. The number of esters is 1. The molecule has 0 aromatic heterocycles. The zero-order valence-corrected chi connectivity index (χ0v) is 8.79. The molecule has 3 nitrogen and oxygen atoms in total. The van der Waals surface area contributed by atoms with Crippen molar-refractivity contribution < 1.29 is 9.53 Å². The number of hydrogen-bond acceptors (Lipinski definition) is 4. The highest BCUT2D eigenvalue weighted by molar-refractivity contribution is 7.99. The van der Waals surface area contributed by atoms with Crippen molar-refractivity contribution in [2.24, 2.45) is 5.73 Å². The molecule has 76 valence electrons. The highest BCUT2D eigenvalue weighted by Gasteiger charge is 2.13. The summed E-state index contributed by atoms with van der Waals surface area (Å²) in [5.41, 5.74) is 5.58. The molecule has 4 heteroatoms. The summed E-state index contributed by atoms with van der Waals surface area (Å²) in [4.78, 5) is 12.1. The van der Waals surface area contributed by atoms with E-state index in [2.05, 4.69) is 4.74 Å². The number of carbonyl (C=O) groups is 1. The van der Waals surface area contributed by atoms with Crippen LogP contribution in [0.1, 0.15) is 0 Å². The molecule has 0 fully saturated rings. The van der Waals surface area contributed by atoms with Crippen LogP contribution >= 0.6 is 11.8 Å². The van der Waals surface area contributed by atoms with Gasteiger partial charge in [-0.2, -0.15) is 0 Å². The molecule has 1 atom stereocenters. The fraction of sp³-hybridized carbons (Fsp3) is 0.300. The van der Waals surface area contributed by atoms with Crippen LogP contribution in [-0.4, -0.2) is 24.9 Å². The van der Waals surface area contributed by atoms with E-state index in [9.17, 15) is 4.79 Å². The Morgan fingerprint density at radius 1 is 1.50 bits per heavy atom. The Labute approximate surface area is 87.6 Å². The normalized spacial score (nSPS) is 12.1. The molecule has 0 aliphatic heterocycles. The van der Waals surface area contributed by atoms with Gasteiger partial charge in [-0.1, -0.05) is 18.2 Å². The summed E-state index contributed by atoms with van der Waals surface area (Å²) in [6, 6.07) is 9.26. The maximum absolute atomic E-state index is 11.0. The van der Waals surface area contributed by atoms with Gasteiger partial charge in [-0.15, -0.1) is 11.8 Å². The molecule has 0 aliphatic carbocycles. The van der Waals surface area contributed by atoms with E-state index in [0.717, 1.165) is 4.90 Å². The summed E-state index contributed by atoms with van der Waals surface area (Å²) in [6.07, 6.45) is 0. The van der Waals surface area contributed by atoms with E-state index in [1.807, 2.05) is 30.3 Å². The number of nitrogens with two attached hydrogens (primary N) is 1. The molecule has 1 rings (SSSR count). The third-order valence-corrected chi connectivity index (χ3v) is 2.81. The van der Waals surface area contributed by atoms with Gasteiger partial charge in [0.05, 0.1) is 7.11 Å². The van der Waals surface area contributed by atoms with E-state index in [1.165, 1.54) is 7.11 Å². The molecule has 1 aromatic rings. The molecule has 0 unspecified atom stereocenters. The summed E-state index contributed by atoms with van der Waals surface area (Å²) in [5.74, 6) is 0.171. The summed E-state index contributed by atoms with van der Waals surface area (Å²) in [7, 11) is 1.34. The first-order chi connectivity index (χ1) is 6.74. The molecule has 0 saturated carbocycles. The number of rotatable bonds is 4. The summed E-state index contributed by atoms with van der Waals surface area (Å²) >= 11 is 1.55. The number of hydrogen-bond donors (Lipinski definition) is 1. The molecular formula is C10H13NO2S. The minimum atomic E-state index is -0.551. The number of ether oxygens (including phenoxy) is 1. The van der Waals surface area contributed by atoms with E-state index >= 15 is 0 Å². The van der Waals surface area contributed by atoms with Gasteiger partial charge in [0.2, 0.25) is 0 Å². The van der Waals surface area contributed by atoms with Crippen molar-refractivity contribution in [2.45, 2.75) is 10.9 Å². The number of methoxy groups -OCH3 is 1. The molecular weight excluding hydrogens is 198 g/mol. The SMILES string of the molecule is COC(=O)[C@H](N)CSc1ccccc1. The van der Waals surface area contributed by atoms with Crippen LogP contribution in [0.5, 0.6) is 0 Å². The molecule has 0 heterocycles. The summed E-state index contributed by atoms with van der Waals surface area (Å²) < 4.78 is 4.52. The van der Waals surface area contributed by atoms with Crippen LogP contribution in [0.15, 0.2) is 35.2 Å². The first-order valence-corrected chi connectivity index (χ1v) is 5.24. The van der Waals surface area contributed by atoms with Crippen LogP contribution < -0.4 is 5.73 Å². The van der Waals surface area contributed by atoms with Crippen LogP contribution in [0.4, 0.5) is 0 Å². The topological polar surface area (TPSA) is 52.3 Å². The van der Waals surface area contributed by atoms with Crippen molar-refractivity contribution in [1.82, 2.24) is 0 Å². The van der Waals surface area contributed by atoms with Crippen molar-refractivity contribution >= 4 is 17.7 Å². The molecule has 2 N–H and O–H groups in total. The van der Waals surface area contributed by atoms with Crippen molar-refractivity contribution in [3.05, 3.63) is 30.3 Å². The predicted molar refractivity (Wildman–Crippen MR) is 57.2 cm³/mol. The third-order valence-electron chi connectivity index (χ3n) is 1.68. The molecule has 0 bridgehead atoms. The molecule has 0 amide bonds. The first-order valence-electron chi connectivity index (χ1n) is 4.25. The second-order valence-corrected chi connectivity index (χ2v) is 3.85. The molecule has 0 spiro atoms. The minimum Gasteiger partial charge on any atom is -0.468 e. The molecule has 0 aliphatic rings. The standard InChI is InChI=1S/C10H13NO2S/c1-13-10(12)9(11)7-14-8-5-3-2-4-6-8/h2-6,9H,7,11H2,1H3/t9-/m1/s1. The largest absolute Gasteiger partial charge is 0.468 e. The summed E-state index contributed by atoms with van der Waals surface area (Å²) in [5, 5.41) is 0. The van der Waals surface area contributed by atoms with Crippen LogP contribution in [0.25, 0.3) is 0 Å². The molecule has 0 saturated heterocycles. The highest BCUT2D eigenvalue weighted by Crippen LogP contribution is 2.17. The lowest BCUT2D eigenvalue weighted by molar-refractivity contribution is -0.141. The first kappa shape index (κ1) is 11.1. The Kier molecular flexibility index (Phi) is 4.49. The maximum Gasteiger partial charge on any atom is 0.323 e. The van der Waals surface area contributed by atoms with Gasteiger partial charge in [-0.05, 0) is 12.1 Å². The zero-order valence-electron chi connectivity index (χ0n) is 7.97. The Balaban J connectivity index is 2.38. The van der Waals surface area contributed by atoms with Gasteiger partial charge in [-0.3, -0.25) is 4.79 Å². The van der Waals surface area contributed by atoms with Crippen molar-refractivity contribution in [1.29, 1.82) is 0 Å². The fourth-order valence-electron chi connectivity index (χ4n) is 0.922. The molecule has 0 radical (unpaired) electrons. The smallest absolute Gasteiger partial charge is 0.323 e. The van der Waals surface area contributed by atoms with Gasteiger partial charge in [-0.25, -0.2) is 0 Å². The Morgan fingerprint density at radius 2 is 2.14 bits per heavy atom. The molecule has 1 aromatic carbocycles. The average molecular weight is 211 g/mol. The van der Waals surface area contributed by atoms with Crippen molar-refractivity contribution in [3.63, 3.8) is 0 Å². The second-order valence-electron chi connectivity index (χ2n) is 2.75. The Morgan fingerprint density at radius 3 is 2.71 bits per heavy atom. The fourth-order valence-corrected chi connectivity index (χ4v) is 1.78. The van der Waals surface area contributed by atoms with Crippen LogP contribution in [0.3, 0.4) is 0 Å². The lowest BCUT2D eigenvalue weighted by Gasteiger charge is -2.08. The lowest BCUT2D eigenvalue weighted by atomic mass is 10.4. The van der Waals surface area contributed by atoms with Crippen LogP contribution in [0.2, 0.25) is 0 Å². The van der Waals surface area contributed by atoms with E-state index in [4.69, 9.17) is 5.73 Å². The van der Waals surface area contributed by atoms with Gasteiger partial charge in [0.15, 0.2) is 0 Å². The number of carbonyl (C=O) groups excluding carboxylic acids is 1. The third kappa shape index (κ3) is 3.40. The minimum absolute atomic E-state index is 0.367. The summed E-state index contributed by atoms with van der Waals surface area (Å²) in [6.45, 7) is 0. The lowest BCUT2D eigenvalue weighted by Crippen LogP contribution is -2.33. The Hall–Kier alpha value is -1.00. The van der Waals surface area contributed by atoms with Gasteiger partial charge >= 0.3 is 5.97 Å². The van der Waals surface area contributed by atoms with E-state index in [1.54, 1.807) is 11.8 Å².